The number of carbonyl (C=O) groups is 1. The molecule has 0 spiro atoms. The summed E-state index contributed by atoms with van der Waals surface area (Å²) in [6, 6.07) is 8.74. The van der Waals surface area contributed by atoms with Crippen molar-refractivity contribution in [3.8, 4) is 6.07 Å². The van der Waals surface area contributed by atoms with E-state index in [2.05, 4.69) is 0 Å². The molecule has 0 radical (unpaired) electrons. The smallest absolute Gasteiger partial charge is 0.379 e. The molecule has 2 N–H and O–H groups in total. The number of halogens is 6. The first-order valence-corrected chi connectivity index (χ1v) is 11.9. The predicted octanol–water partition coefficient (Wildman–Crippen LogP) is 4.38. The maximum Gasteiger partial charge on any atom is 0.417 e. The number of rotatable bonds is 7. The van der Waals surface area contributed by atoms with Crippen molar-refractivity contribution in [2.75, 3.05) is 11.1 Å². The summed E-state index contributed by atoms with van der Waals surface area (Å²) in [5, 5.41) is 22.1. The summed E-state index contributed by atoms with van der Waals surface area (Å²) in [6.45, 7) is 0. The molecule has 0 bridgehead atoms. The number of hydrogen-bond donors (Lipinski definition) is 2. The SMILES string of the molecule is N#Cc1ccc(NC(=O)C(O)(Cc2cc(F)cc(F)c2)CS(=O)(=O)c2ccc(F)cc2)cc1C(F)(F)F. The van der Waals surface area contributed by atoms with Gasteiger partial charge in [-0.15, -0.1) is 0 Å². The lowest BCUT2D eigenvalue weighted by atomic mass is 9.95. The topological polar surface area (TPSA) is 107 Å². The zero-order chi connectivity index (χ0) is 27.6. The minimum atomic E-state index is -4.98. The Hall–Kier alpha value is -3.89. The predicted molar refractivity (Wildman–Crippen MR) is 118 cm³/mol. The zero-order valence-corrected chi connectivity index (χ0v) is 19.3. The fourth-order valence-corrected chi connectivity index (χ4v) is 5.07. The van der Waals surface area contributed by atoms with E-state index in [0.717, 1.165) is 48.5 Å². The molecule has 13 heteroatoms. The zero-order valence-electron chi connectivity index (χ0n) is 18.5. The van der Waals surface area contributed by atoms with Crippen LogP contribution in [0.5, 0.6) is 0 Å². The maximum absolute atomic E-state index is 13.7. The van der Waals surface area contributed by atoms with E-state index in [-0.39, 0.29) is 5.56 Å². The first-order chi connectivity index (χ1) is 17.1. The van der Waals surface area contributed by atoms with E-state index >= 15 is 0 Å². The molecule has 3 aromatic carbocycles. The van der Waals surface area contributed by atoms with Gasteiger partial charge in [0.25, 0.3) is 5.91 Å². The molecular formula is C24H16F6N2O4S. The minimum Gasteiger partial charge on any atom is -0.379 e. The first kappa shape index (κ1) is 27.7. The third kappa shape index (κ3) is 6.66. The van der Waals surface area contributed by atoms with Gasteiger partial charge in [0.15, 0.2) is 15.4 Å². The molecule has 0 aliphatic rings. The van der Waals surface area contributed by atoms with E-state index in [4.69, 9.17) is 5.26 Å². The lowest BCUT2D eigenvalue weighted by Gasteiger charge is -2.27. The normalized spacial score (nSPS) is 13.5. The van der Waals surface area contributed by atoms with E-state index < -0.39 is 78.9 Å². The molecule has 1 amide bonds. The summed E-state index contributed by atoms with van der Waals surface area (Å²) in [6.07, 6.45) is -5.94. The molecule has 0 aliphatic carbocycles. The number of hydrogen-bond acceptors (Lipinski definition) is 5. The highest BCUT2D eigenvalue weighted by Crippen LogP contribution is 2.34. The van der Waals surface area contributed by atoms with Crippen molar-refractivity contribution >= 4 is 21.4 Å². The Balaban J connectivity index is 2.03. The van der Waals surface area contributed by atoms with Gasteiger partial charge in [0, 0.05) is 18.2 Å². The van der Waals surface area contributed by atoms with Crippen molar-refractivity contribution < 1.29 is 44.7 Å². The second-order valence-corrected chi connectivity index (χ2v) is 10.0. The van der Waals surface area contributed by atoms with Crippen molar-refractivity contribution in [3.05, 3.63) is 94.8 Å². The molecular weight excluding hydrogens is 526 g/mol. The van der Waals surface area contributed by atoms with E-state index in [1.807, 2.05) is 5.32 Å². The van der Waals surface area contributed by atoms with Gasteiger partial charge in [-0.3, -0.25) is 4.79 Å². The molecule has 1 atom stereocenters. The van der Waals surface area contributed by atoms with E-state index in [0.29, 0.717) is 12.1 Å². The summed E-state index contributed by atoms with van der Waals surface area (Å²) in [5.41, 5.74) is -5.99. The lowest BCUT2D eigenvalue weighted by molar-refractivity contribution is -0.138. The fraction of sp³-hybridized carbons (Fsp3) is 0.167. The number of alkyl halides is 3. The average molecular weight is 542 g/mol. The summed E-state index contributed by atoms with van der Waals surface area (Å²) < 4.78 is 106. The molecule has 3 aromatic rings. The molecule has 0 saturated carbocycles. The molecule has 0 aliphatic heterocycles. The van der Waals surface area contributed by atoms with Crippen LogP contribution in [-0.2, 0) is 27.2 Å². The largest absolute Gasteiger partial charge is 0.417 e. The highest BCUT2D eigenvalue weighted by molar-refractivity contribution is 7.91. The van der Waals surface area contributed by atoms with Gasteiger partial charge >= 0.3 is 6.18 Å². The second kappa shape index (κ2) is 10.2. The molecule has 37 heavy (non-hydrogen) atoms. The van der Waals surface area contributed by atoms with Crippen molar-refractivity contribution in [1.29, 1.82) is 5.26 Å². The Morgan fingerprint density at radius 2 is 1.51 bits per heavy atom. The van der Waals surface area contributed by atoms with Gasteiger partial charge in [0.05, 0.1) is 27.8 Å². The molecule has 1 unspecified atom stereocenters. The van der Waals surface area contributed by atoms with Crippen LogP contribution in [0.25, 0.3) is 0 Å². The molecule has 0 heterocycles. The van der Waals surface area contributed by atoms with Gasteiger partial charge in [-0.2, -0.15) is 18.4 Å². The fourth-order valence-electron chi connectivity index (χ4n) is 3.49. The van der Waals surface area contributed by atoms with Gasteiger partial charge in [0.2, 0.25) is 0 Å². The molecule has 6 nitrogen and oxygen atoms in total. The third-order valence-electron chi connectivity index (χ3n) is 5.15. The Morgan fingerprint density at radius 3 is 2.05 bits per heavy atom. The lowest BCUT2D eigenvalue weighted by Crippen LogP contribution is -2.50. The van der Waals surface area contributed by atoms with Crippen LogP contribution in [-0.4, -0.2) is 30.8 Å². The van der Waals surface area contributed by atoms with Crippen LogP contribution < -0.4 is 5.32 Å². The number of carbonyl (C=O) groups excluding carboxylic acids is 1. The number of nitrogens with one attached hydrogen (secondary N) is 1. The summed E-state index contributed by atoms with van der Waals surface area (Å²) in [5.74, 6) is -5.86. The van der Waals surface area contributed by atoms with E-state index in [9.17, 15) is 44.7 Å². The van der Waals surface area contributed by atoms with Crippen LogP contribution in [0.2, 0.25) is 0 Å². The van der Waals surface area contributed by atoms with Crippen LogP contribution >= 0.6 is 0 Å². The Morgan fingerprint density at radius 1 is 0.919 bits per heavy atom. The van der Waals surface area contributed by atoms with Gasteiger partial charge in [-0.1, -0.05) is 0 Å². The third-order valence-corrected chi connectivity index (χ3v) is 6.99. The van der Waals surface area contributed by atoms with Crippen LogP contribution in [0, 0.1) is 28.8 Å². The number of amides is 1. The number of aliphatic hydroxyl groups is 1. The highest BCUT2D eigenvalue weighted by Gasteiger charge is 2.42. The van der Waals surface area contributed by atoms with Crippen molar-refractivity contribution in [2.45, 2.75) is 23.1 Å². The second-order valence-electron chi connectivity index (χ2n) is 8.02. The van der Waals surface area contributed by atoms with Crippen LogP contribution in [0.1, 0.15) is 16.7 Å². The molecule has 0 aromatic heterocycles. The Kier molecular flexibility index (Phi) is 7.66. The standard InChI is InChI=1S/C24H16F6N2O4S/c25-16-2-5-20(6-3-16)37(35,36)13-23(34,11-14-7-17(26)9-18(27)8-14)22(33)32-19-4-1-15(12-31)21(10-19)24(28,29)30/h1-10,34H,11,13H2,(H,32,33). The van der Waals surface area contributed by atoms with Gasteiger partial charge in [-0.25, -0.2) is 21.6 Å². The molecule has 0 saturated heterocycles. The van der Waals surface area contributed by atoms with Crippen molar-refractivity contribution in [2.24, 2.45) is 0 Å². The quantitative estimate of drug-likeness (QED) is 0.341. The molecule has 194 valence electrons. The number of nitriles is 1. The van der Waals surface area contributed by atoms with Crippen molar-refractivity contribution in [3.63, 3.8) is 0 Å². The Bertz CT molecular complexity index is 1460. The minimum absolute atomic E-state index is 0.333. The van der Waals surface area contributed by atoms with Gasteiger partial charge in [-0.05, 0) is 60.2 Å². The maximum atomic E-state index is 13.7. The first-order valence-electron chi connectivity index (χ1n) is 10.2. The number of nitrogens with zero attached hydrogens (tertiary/aromatic N) is 1. The van der Waals surface area contributed by atoms with Gasteiger partial charge in [0.1, 0.15) is 17.5 Å². The summed E-state index contributed by atoms with van der Waals surface area (Å²) in [7, 11) is -4.54. The summed E-state index contributed by atoms with van der Waals surface area (Å²) in [4.78, 5) is 12.6. The van der Waals surface area contributed by atoms with Crippen LogP contribution in [0.3, 0.4) is 0 Å². The van der Waals surface area contributed by atoms with Crippen molar-refractivity contribution in [1.82, 2.24) is 0 Å². The monoisotopic (exact) mass is 542 g/mol. The number of sulfone groups is 1. The van der Waals surface area contributed by atoms with Gasteiger partial charge < -0.3 is 10.4 Å². The van der Waals surface area contributed by atoms with E-state index in [1.54, 1.807) is 0 Å². The van der Waals surface area contributed by atoms with Crippen LogP contribution in [0.15, 0.2) is 65.6 Å². The molecule has 0 fully saturated rings. The molecule has 3 rings (SSSR count). The van der Waals surface area contributed by atoms with E-state index in [1.165, 1.54) is 6.07 Å². The Labute approximate surface area is 206 Å². The number of anilines is 1. The number of benzene rings is 3. The summed E-state index contributed by atoms with van der Waals surface area (Å²) >= 11 is 0. The average Bonchev–Trinajstić information content (AvgIpc) is 2.77. The van der Waals surface area contributed by atoms with Crippen LogP contribution in [0.4, 0.5) is 32.0 Å². The highest BCUT2D eigenvalue weighted by atomic mass is 32.2.